The number of benzene rings is 2. The predicted molar refractivity (Wildman–Crippen MR) is 85.1 cm³/mol. The molecule has 0 atom stereocenters. The van der Waals surface area contributed by atoms with Gasteiger partial charge in [0.05, 0.1) is 6.54 Å². The molecule has 2 rings (SSSR count). The first-order valence-corrected chi connectivity index (χ1v) is 7.22. The third kappa shape index (κ3) is 5.10. The van der Waals surface area contributed by atoms with Crippen LogP contribution in [0.1, 0.15) is 5.56 Å². The molecule has 0 saturated carbocycles. The van der Waals surface area contributed by atoms with E-state index in [1.807, 2.05) is 6.92 Å². The van der Waals surface area contributed by atoms with Gasteiger partial charge in [-0.1, -0.05) is 17.7 Å². The minimum atomic E-state index is -0.788. The van der Waals surface area contributed by atoms with Crippen LogP contribution < -0.4 is 15.4 Å². The molecule has 2 aromatic carbocycles. The van der Waals surface area contributed by atoms with E-state index in [1.165, 1.54) is 6.07 Å². The number of carbonyl (C=O) groups is 1. The van der Waals surface area contributed by atoms with E-state index in [0.29, 0.717) is 10.7 Å². The molecular formula is C16H15ClF2N2O2. The van der Waals surface area contributed by atoms with Crippen molar-refractivity contribution in [1.82, 2.24) is 5.32 Å². The summed E-state index contributed by atoms with van der Waals surface area (Å²) >= 11 is 5.87. The lowest BCUT2D eigenvalue weighted by Gasteiger charge is -2.11. The normalized spacial score (nSPS) is 10.3. The number of urea groups is 1. The standard InChI is InChI=1S/C16H15ClF2N2O2/c1-10-2-3-11(17)8-14(10)21-16(22)20-6-7-23-15-5-4-12(18)9-13(15)19/h2-5,8-9H,6-7H2,1H3,(H2,20,21,22). The minimum absolute atomic E-state index is 0.0461. The first-order valence-electron chi connectivity index (χ1n) is 6.84. The summed E-state index contributed by atoms with van der Waals surface area (Å²) in [6.45, 7) is 2.04. The number of rotatable bonds is 5. The van der Waals surface area contributed by atoms with E-state index in [4.69, 9.17) is 16.3 Å². The quantitative estimate of drug-likeness (QED) is 0.804. The van der Waals surface area contributed by atoms with Crippen molar-refractivity contribution in [2.45, 2.75) is 6.92 Å². The van der Waals surface area contributed by atoms with Gasteiger partial charge in [0.15, 0.2) is 11.6 Å². The van der Waals surface area contributed by atoms with Crippen molar-refractivity contribution in [3.8, 4) is 5.75 Å². The molecule has 2 amide bonds. The van der Waals surface area contributed by atoms with Gasteiger partial charge >= 0.3 is 6.03 Å². The summed E-state index contributed by atoms with van der Waals surface area (Å²) in [5.41, 5.74) is 1.47. The Kier molecular flexibility index (Phi) is 5.76. The lowest BCUT2D eigenvalue weighted by atomic mass is 10.2. The molecule has 0 aliphatic carbocycles. The molecule has 0 heterocycles. The van der Waals surface area contributed by atoms with E-state index in [-0.39, 0.29) is 18.9 Å². The van der Waals surface area contributed by atoms with E-state index >= 15 is 0 Å². The van der Waals surface area contributed by atoms with Crippen molar-refractivity contribution in [3.63, 3.8) is 0 Å². The highest BCUT2D eigenvalue weighted by Crippen LogP contribution is 2.20. The minimum Gasteiger partial charge on any atom is -0.489 e. The van der Waals surface area contributed by atoms with Crippen LogP contribution in [0.3, 0.4) is 0 Å². The van der Waals surface area contributed by atoms with Crippen molar-refractivity contribution in [2.24, 2.45) is 0 Å². The molecule has 23 heavy (non-hydrogen) atoms. The zero-order chi connectivity index (χ0) is 16.8. The average Bonchev–Trinajstić information content (AvgIpc) is 2.49. The van der Waals surface area contributed by atoms with Gasteiger partial charge < -0.3 is 15.4 Å². The zero-order valence-corrected chi connectivity index (χ0v) is 13.1. The smallest absolute Gasteiger partial charge is 0.319 e. The molecule has 4 nitrogen and oxygen atoms in total. The van der Waals surface area contributed by atoms with Crippen LogP contribution in [0.4, 0.5) is 19.3 Å². The summed E-state index contributed by atoms with van der Waals surface area (Å²) in [7, 11) is 0. The maximum absolute atomic E-state index is 13.3. The van der Waals surface area contributed by atoms with Crippen molar-refractivity contribution in [1.29, 1.82) is 0 Å². The highest BCUT2D eigenvalue weighted by Gasteiger charge is 2.06. The molecule has 2 aromatic rings. The lowest BCUT2D eigenvalue weighted by molar-refractivity contribution is 0.246. The second-order valence-corrected chi connectivity index (χ2v) is 5.20. The van der Waals surface area contributed by atoms with Gasteiger partial charge in [0.1, 0.15) is 12.4 Å². The lowest BCUT2D eigenvalue weighted by Crippen LogP contribution is -2.32. The molecule has 0 aromatic heterocycles. The van der Waals surface area contributed by atoms with Gasteiger partial charge in [-0.3, -0.25) is 0 Å². The Labute approximate surface area is 137 Å². The molecule has 122 valence electrons. The SMILES string of the molecule is Cc1ccc(Cl)cc1NC(=O)NCCOc1ccc(F)cc1F. The zero-order valence-electron chi connectivity index (χ0n) is 12.3. The molecule has 0 saturated heterocycles. The van der Waals surface area contributed by atoms with Gasteiger partial charge in [-0.25, -0.2) is 13.6 Å². The number of carbonyl (C=O) groups excluding carboxylic acids is 1. The van der Waals surface area contributed by atoms with Crippen LogP contribution in [0.5, 0.6) is 5.75 Å². The van der Waals surface area contributed by atoms with E-state index in [2.05, 4.69) is 10.6 Å². The fourth-order valence-corrected chi connectivity index (χ4v) is 1.99. The topological polar surface area (TPSA) is 50.4 Å². The average molecular weight is 341 g/mol. The Hall–Kier alpha value is -2.34. The highest BCUT2D eigenvalue weighted by molar-refractivity contribution is 6.31. The number of halogens is 3. The number of hydrogen-bond donors (Lipinski definition) is 2. The van der Waals surface area contributed by atoms with Crippen LogP contribution >= 0.6 is 11.6 Å². The summed E-state index contributed by atoms with van der Waals surface area (Å²) in [4.78, 5) is 11.8. The third-order valence-electron chi connectivity index (χ3n) is 2.99. The second kappa shape index (κ2) is 7.78. The van der Waals surface area contributed by atoms with Crippen LogP contribution in [-0.4, -0.2) is 19.2 Å². The predicted octanol–water partition coefficient (Wildman–Crippen LogP) is 4.13. The number of anilines is 1. The maximum atomic E-state index is 13.3. The van der Waals surface area contributed by atoms with E-state index < -0.39 is 17.7 Å². The van der Waals surface area contributed by atoms with Crippen LogP contribution in [0.15, 0.2) is 36.4 Å². The second-order valence-electron chi connectivity index (χ2n) is 4.76. The Balaban J connectivity index is 1.77. The monoisotopic (exact) mass is 340 g/mol. The number of amides is 2. The molecular weight excluding hydrogens is 326 g/mol. The van der Waals surface area contributed by atoms with Crippen LogP contribution in [0.25, 0.3) is 0 Å². The van der Waals surface area contributed by atoms with Gasteiger partial charge in [-0.2, -0.15) is 0 Å². The van der Waals surface area contributed by atoms with Gasteiger partial charge in [0.2, 0.25) is 0 Å². The van der Waals surface area contributed by atoms with Gasteiger partial charge in [-0.05, 0) is 36.8 Å². The van der Waals surface area contributed by atoms with Gasteiger partial charge in [0.25, 0.3) is 0 Å². The van der Waals surface area contributed by atoms with Crippen LogP contribution in [0.2, 0.25) is 5.02 Å². The highest BCUT2D eigenvalue weighted by atomic mass is 35.5. The Morgan fingerprint density at radius 3 is 2.74 bits per heavy atom. The fraction of sp³-hybridized carbons (Fsp3) is 0.188. The summed E-state index contributed by atoms with van der Waals surface area (Å²) in [5, 5.41) is 5.73. The summed E-state index contributed by atoms with van der Waals surface area (Å²) < 4.78 is 31.2. The molecule has 2 N–H and O–H groups in total. The molecule has 0 fully saturated rings. The Morgan fingerprint density at radius 2 is 2.00 bits per heavy atom. The third-order valence-corrected chi connectivity index (χ3v) is 3.22. The van der Waals surface area contributed by atoms with Gasteiger partial charge in [-0.15, -0.1) is 0 Å². The largest absolute Gasteiger partial charge is 0.489 e. The molecule has 0 spiro atoms. The van der Waals surface area contributed by atoms with Crippen LogP contribution in [0, 0.1) is 18.6 Å². The number of hydrogen-bond acceptors (Lipinski definition) is 2. The van der Waals surface area contributed by atoms with Crippen molar-refractivity contribution < 1.29 is 18.3 Å². The van der Waals surface area contributed by atoms with E-state index in [9.17, 15) is 13.6 Å². The number of nitrogens with one attached hydrogen (secondary N) is 2. The van der Waals surface area contributed by atoms with E-state index in [0.717, 1.165) is 17.7 Å². The van der Waals surface area contributed by atoms with Gasteiger partial charge in [0, 0.05) is 16.8 Å². The molecule has 0 bridgehead atoms. The summed E-state index contributed by atoms with van der Waals surface area (Å²) in [5.74, 6) is -1.53. The Bertz CT molecular complexity index is 710. The fourth-order valence-electron chi connectivity index (χ4n) is 1.81. The maximum Gasteiger partial charge on any atom is 0.319 e. The first-order chi connectivity index (χ1) is 11.0. The molecule has 0 radical (unpaired) electrons. The molecule has 0 aliphatic heterocycles. The Morgan fingerprint density at radius 1 is 1.22 bits per heavy atom. The molecule has 0 aliphatic rings. The van der Waals surface area contributed by atoms with E-state index in [1.54, 1.807) is 18.2 Å². The molecule has 0 unspecified atom stereocenters. The summed E-state index contributed by atoms with van der Waals surface area (Å²) in [6, 6.07) is 7.75. The number of aryl methyl sites for hydroxylation is 1. The van der Waals surface area contributed by atoms with Crippen molar-refractivity contribution in [3.05, 3.63) is 58.6 Å². The van der Waals surface area contributed by atoms with Crippen molar-refractivity contribution in [2.75, 3.05) is 18.5 Å². The first kappa shape index (κ1) is 17.0. The molecule has 7 heteroatoms. The van der Waals surface area contributed by atoms with Crippen molar-refractivity contribution >= 4 is 23.3 Å². The summed E-state index contributed by atoms with van der Waals surface area (Å²) in [6.07, 6.45) is 0. The van der Waals surface area contributed by atoms with Crippen LogP contribution in [-0.2, 0) is 0 Å². The number of ether oxygens (including phenoxy) is 1.